The lowest BCUT2D eigenvalue weighted by Gasteiger charge is -2.39. The summed E-state index contributed by atoms with van der Waals surface area (Å²) in [5.41, 5.74) is 4.64. The Kier molecular flexibility index (Phi) is 13.8. The summed E-state index contributed by atoms with van der Waals surface area (Å²) in [6.07, 6.45) is -7.66. The average Bonchev–Trinajstić information content (AvgIpc) is 4.14. The minimum Gasteiger partial charge on any atom is -0.488 e. The van der Waals surface area contributed by atoms with Crippen molar-refractivity contribution in [1.29, 1.82) is 0 Å². The van der Waals surface area contributed by atoms with Crippen LogP contribution < -0.4 is 19.3 Å². The number of alkyl halides is 6. The van der Waals surface area contributed by atoms with Gasteiger partial charge in [0.15, 0.2) is 0 Å². The Balaban J connectivity index is 0.000000176. The molecule has 0 unspecified atom stereocenters. The first-order chi connectivity index (χ1) is 33.9. The van der Waals surface area contributed by atoms with E-state index < -0.39 is 34.0 Å². The molecule has 4 aromatic carbocycles. The van der Waals surface area contributed by atoms with E-state index in [1.165, 1.54) is 24.1 Å². The molecule has 0 radical (unpaired) electrons. The van der Waals surface area contributed by atoms with Crippen molar-refractivity contribution in [3.63, 3.8) is 0 Å². The van der Waals surface area contributed by atoms with Gasteiger partial charge in [-0.05, 0) is 83.6 Å². The summed E-state index contributed by atoms with van der Waals surface area (Å²) < 4.78 is 98.1. The van der Waals surface area contributed by atoms with Gasteiger partial charge in [0.2, 0.25) is 0 Å². The summed E-state index contributed by atoms with van der Waals surface area (Å²) >= 11 is 1.36. The van der Waals surface area contributed by atoms with Crippen LogP contribution in [0.4, 0.5) is 47.3 Å². The molecule has 6 aromatic rings. The lowest BCUT2D eigenvalue weighted by molar-refractivity contribution is -0.150. The summed E-state index contributed by atoms with van der Waals surface area (Å²) in [6.45, 7) is 2.06. The molecule has 6 heterocycles. The van der Waals surface area contributed by atoms with E-state index in [0.717, 1.165) is 22.5 Å². The Labute approximate surface area is 411 Å². The van der Waals surface area contributed by atoms with Gasteiger partial charge in [0.05, 0.1) is 18.9 Å². The number of ether oxygens (including phenoxy) is 3. The van der Waals surface area contributed by atoms with Crippen LogP contribution in [0.5, 0.6) is 11.5 Å². The molecule has 1 N–H and O–H groups in total. The SMILES string of the molecule is COC(=O)C1CN(C(=O)N2CCc3cc(OCc4cc(-c5ccccc5)c(C(F)(F)F)s4)ccc32)C1.O=C(O)C1CN(C(=O)N2CCc3cc(OCc4cc(-c5ccccc5)c(C(F)(F)F)s4)ccc32)C1. The van der Waals surface area contributed by atoms with Crippen LogP contribution in [0.25, 0.3) is 22.3 Å². The summed E-state index contributed by atoms with van der Waals surface area (Å²) in [7, 11) is 1.33. The van der Waals surface area contributed by atoms with Gasteiger partial charge in [0.1, 0.15) is 34.5 Å². The predicted octanol–water partition coefficient (Wildman–Crippen LogP) is 11.1. The normalized spacial score (nSPS) is 15.5. The summed E-state index contributed by atoms with van der Waals surface area (Å²) in [5, 5.41) is 9.01. The number of rotatable bonds is 10. The van der Waals surface area contributed by atoms with Gasteiger partial charge in [-0.3, -0.25) is 19.4 Å². The first-order valence-electron chi connectivity index (χ1n) is 22.4. The fourth-order valence-corrected chi connectivity index (χ4v) is 10.8. The molecular formula is C51H44F6N4O8S2. The highest BCUT2D eigenvalue weighted by atomic mass is 32.1. The maximum atomic E-state index is 13.6. The van der Waals surface area contributed by atoms with Crippen molar-refractivity contribution in [1.82, 2.24) is 9.80 Å². The molecule has 4 amide bonds. The van der Waals surface area contributed by atoms with Crippen LogP contribution in [0.15, 0.2) is 109 Å². The largest absolute Gasteiger partial charge is 0.488 e. The number of nitrogens with zero attached hydrogens (tertiary/aromatic N) is 4. The van der Waals surface area contributed by atoms with Gasteiger partial charge in [0, 0.05) is 71.5 Å². The molecule has 0 aliphatic carbocycles. The number of hydrogen-bond donors (Lipinski definition) is 1. The van der Waals surface area contributed by atoms with Crippen LogP contribution in [-0.4, -0.2) is 85.3 Å². The molecule has 0 bridgehead atoms. The molecule has 0 spiro atoms. The number of thiophene rings is 2. The topological polar surface area (TPSA) is 129 Å². The van der Waals surface area contributed by atoms with E-state index in [4.69, 9.17) is 19.3 Å². The Hall–Kier alpha value is -7.06. The monoisotopic (exact) mass is 1020 g/mol. The second-order valence-electron chi connectivity index (χ2n) is 17.2. The lowest BCUT2D eigenvalue weighted by atomic mass is 10.0. The number of amides is 4. The number of carboxylic acids is 1. The number of esters is 1. The van der Waals surface area contributed by atoms with Gasteiger partial charge in [0.25, 0.3) is 0 Å². The Bertz CT molecular complexity index is 2950. The van der Waals surface area contributed by atoms with E-state index in [9.17, 15) is 45.5 Å². The summed E-state index contributed by atoms with van der Waals surface area (Å²) in [4.78, 5) is 54.2. The average molecular weight is 1020 g/mol. The number of methoxy groups -OCH3 is 1. The number of hydrogen-bond acceptors (Lipinski definition) is 9. The molecule has 0 atom stereocenters. The van der Waals surface area contributed by atoms with Crippen LogP contribution in [-0.2, 0) is 52.7 Å². The van der Waals surface area contributed by atoms with Crippen molar-refractivity contribution >= 4 is 58.0 Å². The van der Waals surface area contributed by atoms with Crippen molar-refractivity contribution in [2.75, 3.05) is 56.2 Å². The summed E-state index contributed by atoms with van der Waals surface area (Å²) in [5.74, 6) is -0.978. The second-order valence-corrected chi connectivity index (χ2v) is 19.5. The Morgan fingerprint density at radius 2 is 1.00 bits per heavy atom. The van der Waals surface area contributed by atoms with Crippen molar-refractivity contribution in [3.05, 3.63) is 140 Å². The van der Waals surface area contributed by atoms with Gasteiger partial charge in [-0.1, -0.05) is 60.7 Å². The third-order valence-electron chi connectivity index (χ3n) is 12.6. The smallest absolute Gasteiger partial charge is 0.426 e. The number of fused-ring (bicyclic) bond motifs is 2. The molecule has 4 aliphatic rings. The molecule has 0 saturated carbocycles. The fourth-order valence-electron chi connectivity index (χ4n) is 8.84. The first kappa shape index (κ1) is 48.9. The van der Waals surface area contributed by atoms with E-state index in [2.05, 4.69) is 0 Å². The van der Waals surface area contributed by atoms with Crippen molar-refractivity contribution < 1.29 is 64.8 Å². The van der Waals surface area contributed by atoms with Crippen molar-refractivity contribution in [3.8, 4) is 33.8 Å². The molecule has 4 aliphatic heterocycles. The highest BCUT2D eigenvalue weighted by molar-refractivity contribution is 7.13. The number of aliphatic carboxylic acids is 1. The lowest BCUT2D eigenvalue weighted by Crippen LogP contribution is -2.57. The highest BCUT2D eigenvalue weighted by Gasteiger charge is 2.42. The van der Waals surface area contributed by atoms with E-state index in [-0.39, 0.29) is 61.4 Å². The van der Waals surface area contributed by atoms with Crippen molar-refractivity contribution in [2.24, 2.45) is 11.8 Å². The van der Waals surface area contributed by atoms with Crippen LogP contribution >= 0.6 is 22.7 Å². The minimum atomic E-state index is -4.46. The zero-order chi connectivity index (χ0) is 50.2. The predicted molar refractivity (Wildman–Crippen MR) is 254 cm³/mol. The van der Waals surface area contributed by atoms with Gasteiger partial charge in [-0.25, -0.2) is 9.59 Å². The number of halogens is 6. The zero-order valence-electron chi connectivity index (χ0n) is 37.8. The van der Waals surface area contributed by atoms with E-state index >= 15 is 0 Å². The van der Waals surface area contributed by atoms with Crippen molar-refractivity contribution in [2.45, 2.75) is 38.4 Å². The molecule has 71 heavy (non-hydrogen) atoms. The molecule has 370 valence electrons. The number of carbonyl (C=O) groups excluding carboxylic acids is 3. The van der Waals surface area contributed by atoms with E-state index in [1.807, 2.05) is 6.07 Å². The molecule has 2 saturated heterocycles. The molecule has 12 nitrogen and oxygen atoms in total. The number of likely N-dealkylation sites (tertiary alicyclic amines) is 2. The number of anilines is 2. The quantitative estimate of drug-likeness (QED) is 0.106. The maximum absolute atomic E-state index is 13.6. The molecular weight excluding hydrogens is 975 g/mol. The van der Waals surface area contributed by atoms with Gasteiger partial charge >= 0.3 is 36.4 Å². The first-order valence-corrected chi connectivity index (χ1v) is 24.0. The number of urea groups is 2. The Morgan fingerprint density at radius 1 is 0.592 bits per heavy atom. The third kappa shape index (κ3) is 10.5. The van der Waals surface area contributed by atoms with Crippen LogP contribution in [0.2, 0.25) is 0 Å². The van der Waals surface area contributed by atoms with Gasteiger partial charge < -0.3 is 29.1 Å². The zero-order valence-corrected chi connectivity index (χ0v) is 39.4. The molecule has 10 rings (SSSR count). The molecule has 2 aromatic heterocycles. The molecule has 2 fully saturated rings. The highest BCUT2D eigenvalue weighted by Crippen LogP contribution is 2.45. The summed E-state index contributed by atoms with van der Waals surface area (Å²) in [6, 6.07) is 30.2. The maximum Gasteiger partial charge on any atom is 0.426 e. The second kappa shape index (κ2) is 20.0. The third-order valence-corrected chi connectivity index (χ3v) is 14.9. The van der Waals surface area contributed by atoms with Gasteiger partial charge in [-0.2, -0.15) is 26.3 Å². The van der Waals surface area contributed by atoms with Gasteiger partial charge in [-0.15, -0.1) is 22.7 Å². The fraction of sp³-hybridized carbons (Fsp3) is 0.294. The standard InChI is InChI=1S/C26H23F3N2O4S.C25H21F3N2O4S/c1-34-24(32)18-13-30(14-18)25(33)31-10-9-17-11-19(7-8-22(17)31)35-15-20-12-21(16-5-3-2-4-6-16)23(36-20)26(27,28)29;26-25(27,28)22-20(15-4-2-1-3-5-15)11-19(35-22)14-34-18-6-7-21-16(10-18)8-9-30(21)24(33)29-12-17(13-29)23(31)32/h2-8,11-12,18H,9-10,13-15H2,1H3;1-7,10-11,17H,8-9,12-14H2,(H,31,32). The van der Waals surface area contributed by atoms with Crippen LogP contribution in [0.3, 0.4) is 0 Å². The number of carbonyl (C=O) groups is 4. The number of carboxylic acid groups (broad SMARTS) is 1. The number of benzene rings is 4. The van der Waals surface area contributed by atoms with E-state index in [0.29, 0.717) is 94.1 Å². The van der Waals surface area contributed by atoms with E-state index in [1.54, 1.807) is 106 Å². The van der Waals surface area contributed by atoms with Crippen LogP contribution in [0, 0.1) is 11.8 Å². The molecule has 20 heteroatoms. The van der Waals surface area contributed by atoms with Crippen LogP contribution in [0.1, 0.15) is 30.6 Å². The Morgan fingerprint density at radius 3 is 1.38 bits per heavy atom. The minimum absolute atomic E-state index is 0.00467.